The lowest BCUT2D eigenvalue weighted by Gasteiger charge is -2.29. The first-order valence-electron chi connectivity index (χ1n) is 7.84. The fraction of sp³-hybridized carbons (Fsp3) is 0.688. The van der Waals surface area contributed by atoms with Gasteiger partial charge in [-0.1, -0.05) is 0 Å². The largest absolute Gasteiger partial charge is 0.372 e. The van der Waals surface area contributed by atoms with E-state index in [9.17, 15) is 4.79 Å². The monoisotopic (exact) mass is 308 g/mol. The van der Waals surface area contributed by atoms with Crippen LogP contribution in [0.25, 0.3) is 0 Å². The number of nitrogens with one attached hydrogen (secondary N) is 1. The van der Waals surface area contributed by atoms with Crippen LogP contribution in [0.3, 0.4) is 0 Å². The van der Waals surface area contributed by atoms with Gasteiger partial charge < -0.3 is 15.0 Å². The Morgan fingerprint density at radius 2 is 2.33 bits per heavy atom. The van der Waals surface area contributed by atoms with Crippen molar-refractivity contribution < 1.29 is 9.53 Å². The van der Waals surface area contributed by atoms with Gasteiger partial charge in [-0.25, -0.2) is 0 Å². The van der Waals surface area contributed by atoms with Crippen molar-refractivity contribution in [3.63, 3.8) is 0 Å². The number of rotatable bonds is 6. The topological polar surface area (TPSA) is 41.6 Å². The van der Waals surface area contributed by atoms with Crippen LogP contribution < -0.4 is 5.32 Å². The van der Waals surface area contributed by atoms with E-state index in [2.05, 4.69) is 27.0 Å². The number of piperidine rings is 1. The summed E-state index contributed by atoms with van der Waals surface area (Å²) in [6.07, 6.45) is 3.55. The molecule has 1 aromatic heterocycles. The highest BCUT2D eigenvalue weighted by atomic mass is 32.1. The van der Waals surface area contributed by atoms with Crippen molar-refractivity contribution in [3.8, 4) is 0 Å². The molecule has 2 fully saturated rings. The second-order valence-corrected chi connectivity index (χ2v) is 6.90. The summed E-state index contributed by atoms with van der Waals surface area (Å²) in [5.74, 6) is 0.142. The molecule has 116 valence electrons. The summed E-state index contributed by atoms with van der Waals surface area (Å²) < 4.78 is 5.35. The molecule has 1 saturated carbocycles. The molecule has 1 atom stereocenters. The number of carbonyl (C=O) groups is 1. The average Bonchev–Trinajstić information content (AvgIpc) is 2.95. The maximum atomic E-state index is 12.5. The molecule has 21 heavy (non-hydrogen) atoms. The second kappa shape index (κ2) is 6.46. The third-order valence-electron chi connectivity index (χ3n) is 4.81. The van der Waals surface area contributed by atoms with E-state index in [1.54, 1.807) is 11.3 Å². The Morgan fingerprint density at radius 3 is 3.00 bits per heavy atom. The van der Waals surface area contributed by atoms with E-state index >= 15 is 0 Å². The third-order valence-corrected chi connectivity index (χ3v) is 5.54. The molecule has 1 amide bonds. The smallest absolute Gasteiger partial charge is 0.249 e. The number of ether oxygens (including phenoxy) is 1. The van der Waals surface area contributed by atoms with E-state index in [1.165, 1.54) is 18.4 Å². The van der Waals surface area contributed by atoms with Crippen molar-refractivity contribution in [2.75, 3.05) is 26.3 Å². The molecule has 5 heteroatoms. The number of thiophene rings is 1. The molecule has 4 nitrogen and oxygen atoms in total. The Balaban J connectivity index is 1.68. The SMILES string of the molecule is CCOCC(=O)N(Cc1ccsc1)C1CC12CCNCC2. The van der Waals surface area contributed by atoms with Gasteiger partial charge >= 0.3 is 0 Å². The molecular weight excluding hydrogens is 284 g/mol. The maximum Gasteiger partial charge on any atom is 0.249 e. The van der Waals surface area contributed by atoms with Crippen molar-refractivity contribution in [1.29, 1.82) is 0 Å². The molecule has 1 spiro atoms. The summed E-state index contributed by atoms with van der Waals surface area (Å²) in [6, 6.07) is 2.52. The predicted octanol–water partition coefficient (Wildman–Crippen LogP) is 2.26. The highest BCUT2D eigenvalue weighted by Crippen LogP contribution is 2.56. The minimum atomic E-state index is 0.142. The van der Waals surface area contributed by atoms with Gasteiger partial charge in [-0.3, -0.25) is 4.79 Å². The van der Waals surface area contributed by atoms with Crippen molar-refractivity contribution in [2.24, 2.45) is 5.41 Å². The lowest BCUT2D eigenvalue weighted by Crippen LogP contribution is -2.40. The lowest BCUT2D eigenvalue weighted by atomic mass is 9.93. The number of amides is 1. The Morgan fingerprint density at radius 1 is 1.52 bits per heavy atom. The molecule has 0 radical (unpaired) electrons. The number of carbonyl (C=O) groups excluding carboxylic acids is 1. The zero-order valence-electron chi connectivity index (χ0n) is 12.6. The van der Waals surface area contributed by atoms with Gasteiger partial charge in [0.1, 0.15) is 6.61 Å². The Kier molecular flexibility index (Phi) is 4.62. The van der Waals surface area contributed by atoms with E-state index in [1.807, 2.05) is 6.92 Å². The minimum Gasteiger partial charge on any atom is -0.372 e. The van der Waals surface area contributed by atoms with Gasteiger partial charge in [-0.15, -0.1) is 0 Å². The molecule has 1 N–H and O–H groups in total. The van der Waals surface area contributed by atoms with Crippen molar-refractivity contribution in [1.82, 2.24) is 10.2 Å². The molecule has 2 heterocycles. The van der Waals surface area contributed by atoms with Crippen LogP contribution in [0.2, 0.25) is 0 Å². The van der Waals surface area contributed by atoms with Crippen LogP contribution in [0.15, 0.2) is 16.8 Å². The Labute approximate surface area is 130 Å². The highest BCUT2D eigenvalue weighted by Gasteiger charge is 2.57. The molecule has 3 rings (SSSR count). The van der Waals surface area contributed by atoms with Gasteiger partial charge in [0.25, 0.3) is 0 Å². The van der Waals surface area contributed by atoms with E-state index in [0.29, 0.717) is 18.1 Å². The van der Waals surface area contributed by atoms with E-state index < -0.39 is 0 Å². The number of hydrogen-bond acceptors (Lipinski definition) is 4. The minimum absolute atomic E-state index is 0.142. The summed E-state index contributed by atoms with van der Waals surface area (Å²) in [4.78, 5) is 14.6. The Bertz CT molecular complexity index is 469. The van der Waals surface area contributed by atoms with Crippen LogP contribution in [-0.4, -0.2) is 43.2 Å². The summed E-state index contributed by atoms with van der Waals surface area (Å²) in [5, 5.41) is 7.64. The van der Waals surface area contributed by atoms with Gasteiger partial charge in [-0.05, 0) is 67.1 Å². The molecule has 0 aromatic carbocycles. The quantitative estimate of drug-likeness (QED) is 0.876. The van der Waals surface area contributed by atoms with Crippen LogP contribution in [0, 0.1) is 5.41 Å². The number of hydrogen-bond donors (Lipinski definition) is 1. The first-order valence-corrected chi connectivity index (χ1v) is 8.78. The first kappa shape index (κ1) is 15.0. The predicted molar refractivity (Wildman–Crippen MR) is 84.3 cm³/mol. The zero-order chi connectivity index (χ0) is 14.7. The lowest BCUT2D eigenvalue weighted by molar-refractivity contribution is -0.138. The molecular formula is C16H24N2O2S. The second-order valence-electron chi connectivity index (χ2n) is 6.12. The summed E-state index contributed by atoms with van der Waals surface area (Å²) in [5.41, 5.74) is 1.62. The van der Waals surface area contributed by atoms with Crippen molar-refractivity contribution in [3.05, 3.63) is 22.4 Å². The van der Waals surface area contributed by atoms with Crippen molar-refractivity contribution in [2.45, 2.75) is 38.8 Å². The fourth-order valence-electron chi connectivity index (χ4n) is 3.45. The molecule has 1 aromatic rings. The maximum absolute atomic E-state index is 12.5. The average molecular weight is 308 g/mol. The van der Waals surface area contributed by atoms with E-state index in [0.717, 1.165) is 26.1 Å². The normalized spacial score (nSPS) is 23.2. The van der Waals surface area contributed by atoms with Gasteiger partial charge in [0, 0.05) is 19.2 Å². The molecule has 1 unspecified atom stereocenters. The third kappa shape index (κ3) is 3.30. The van der Waals surface area contributed by atoms with Crippen LogP contribution >= 0.6 is 11.3 Å². The summed E-state index contributed by atoms with van der Waals surface area (Å²) >= 11 is 1.69. The van der Waals surface area contributed by atoms with Gasteiger partial charge in [-0.2, -0.15) is 11.3 Å². The first-order chi connectivity index (χ1) is 10.2. The number of nitrogens with zero attached hydrogens (tertiary/aromatic N) is 1. The zero-order valence-corrected chi connectivity index (χ0v) is 13.5. The van der Waals surface area contributed by atoms with Gasteiger partial charge in [0.2, 0.25) is 5.91 Å². The standard InChI is InChI=1S/C16H24N2O2S/c1-2-20-11-15(19)18(10-13-3-8-21-12-13)14-9-16(14)4-6-17-7-5-16/h3,8,12,14,17H,2,4-7,9-11H2,1H3. The van der Waals surface area contributed by atoms with Gasteiger partial charge in [0.05, 0.1) is 0 Å². The molecule has 1 aliphatic carbocycles. The van der Waals surface area contributed by atoms with Crippen LogP contribution in [0.4, 0.5) is 0 Å². The van der Waals surface area contributed by atoms with Crippen molar-refractivity contribution >= 4 is 17.2 Å². The summed E-state index contributed by atoms with van der Waals surface area (Å²) in [7, 11) is 0. The van der Waals surface area contributed by atoms with E-state index in [-0.39, 0.29) is 12.5 Å². The fourth-order valence-corrected chi connectivity index (χ4v) is 4.11. The van der Waals surface area contributed by atoms with Gasteiger partial charge in [0.15, 0.2) is 0 Å². The molecule has 0 bridgehead atoms. The molecule has 1 aliphatic heterocycles. The Hall–Kier alpha value is -0.910. The van der Waals surface area contributed by atoms with E-state index in [4.69, 9.17) is 4.74 Å². The molecule has 2 aliphatic rings. The highest BCUT2D eigenvalue weighted by molar-refractivity contribution is 7.07. The van der Waals surface area contributed by atoms with Crippen LogP contribution in [-0.2, 0) is 16.1 Å². The molecule has 1 saturated heterocycles. The van der Waals surface area contributed by atoms with Crippen LogP contribution in [0.1, 0.15) is 31.7 Å². The summed E-state index contributed by atoms with van der Waals surface area (Å²) in [6.45, 7) is 5.64. The van der Waals surface area contributed by atoms with Crippen LogP contribution in [0.5, 0.6) is 0 Å².